The minimum atomic E-state index is -0.227. The van der Waals surface area contributed by atoms with E-state index in [1.54, 1.807) is 29.5 Å². The van der Waals surface area contributed by atoms with E-state index in [-0.39, 0.29) is 11.9 Å². The number of hydrogen-bond donors (Lipinski definition) is 1. The SMILES string of the molecule is Cn1ccc2ccc(CNC(=O)[C@H]3CCCN3c3ccnc(-n4ccnc4)n3)cc21. The first-order valence-corrected chi connectivity index (χ1v) is 10.1. The van der Waals surface area contributed by atoms with Gasteiger partial charge in [0.25, 0.3) is 0 Å². The Morgan fingerprint density at radius 2 is 2.13 bits per heavy atom. The molecule has 4 aromatic rings. The van der Waals surface area contributed by atoms with Gasteiger partial charge in [-0.3, -0.25) is 9.36 Å². The molecule has 0 aliphatic carbocycles. The molecule has 1 fully saturated rings. The number of hydrogen-bond acceptors (Lipinski definition) is 5. The lowest BCUT2D eigenvalue weighted by Crippen LogP contribution is -2.43. The zero-order chi connectivity index (χ0) is 20.5. The number of nitrogens with one attached hydrogen (secondary N) is 1. The van der Waals surface area contributed by atoms with Crippen LogP contribution in [0.3, 0.4) is 0 Å². The number of imidazole rings is 1. The first-order valence-electron chi connectivity index (χ1n) is 10.1. The van der Waals surface area contributed by atoms with Crippen LogP contribution in [-0.4, -0.2) is 42.6 Å². The highest BCUT2D eigenvalue weighted by atomic mass is 16.2. The molecule has 1 aromatic carbocycles. The highest BCUT2D eigenvalue weighted by molar-refractivity contribution is 5.86. The Labute approximate surface area is 174 Å². The Hall–Kier alpha value is -3.68. The number of carbonyl (C=O) groups excluding carboxylic acids is 1. The van der Waals surface area contributed by atoms with E-state index in [1.807, 2.05) is 19.3 Å². The number of amides is 1. The molecule has 1 saturated heterocycles. The van der Waals surface area contributed by atoms with E-state index >= 15 is 0 Å². The molecule has 3 aromatic heterocycles. The zero-order valence-electron chi connectivity index (χ0n) is 16.8. The van der Waals surface area contributed by atoms with Crippen LogP contribution in [0.4, 0.5) is 5.82 Å². The van der Waals surface area contributed by atoms with Crippen LogP contribution in [0.25, 0.3) is 16.9 Å². The van der Waals surface area contributed by atoms with Crippen molar-refractivity contribution in [1.29, 1.82) is 0 Å². The van der Waals surface area contributed by atoms with Crippen molar-refractivity contribution in [3.63, 3.8) is 0 Å². The number of aromatic nitrogens is 5. The van der Waals surface area contributed by atoms with Gasteiger partial charge in [-0.15, -0.1) is 0 Å². The Bertz CT molecular complexity index is 1180. The predicted molar refractivity (Wildman–Crippen MR) is 114 cm³/mol. The molecule has 5 rings (SSSR count). The van der Waals surface area contributed by atoms with Crippen LogP contribution in [0.2, 0.25) is 0 Å². The average Bonchev–Trinajstić information content (AvgIpc) is 3.53. The molecule has 1 N–H and O–H groups in total. The molecule has 1 amide bonds. The van der Waals surface area contributed by atoms with Gasteiger partial charge in [0.1, 0.15) is 18.2 Å². The van der Waals surface area contributed by atoms with Crippen LogP contribution >= 0.6 is 0 Å². The van der Waals surface area contributed by atoms with E-state index in [9.17, 15) is 4.79 Å². The van der Waals surface area contributed by atoms with Crippen molar-refractivity contribution >= 4 is 22.6 Å². The van der Waals surface area contributed by atoms with Gasteiger partial charge in [-0.05, 0) is 42.0 Å². The molecule has 152 valence electrons. The van der Waals surface area contributed by atoms with Gasteiger partial charge in [-0.25, -0.2) is 9.97 Å². The molecule has 4 heterocycles. The molecule has 0 bridgehead atoms. The molecular formula is C22H23N7O. The smallest absolute Gasteiger partial charge is 0.243 e. The minimum absolute atomic E-state index is 0.0299. The van der Waals surface area contributed by atoms with Crippen molar-refractivity contribution in [1.82, 2.24) is 29.4 Å². The van der Waals surface area contributed by atoms with Gasteiger partial charge in [0, 0.05) is 50.4 Å². The third-order valence-corrected chi connectivity index (χ3v) is 5.63. The molecule has 8 heteroatoms. The lowest BCUT2D eigenvalue weighted by Gasteiger charge is -2.25. The summed E-state index contributed by atoms with van der Waals surface area (Å²) in [5.74, 6) is 1.34. The lowest BCUT2D eigenvalue weighted by atomic mass is 10.1. The van der Waals surface area contributed by atoms with Crippen molar-refractivity contribution in [3.05, 3.63) is 67.0 Å². The van der Waals surface area contributed by atoms with Crippen molar-refractivity contribution in [2.24, 2.45) is 7.05 Å². The maximum Gasteiger partial charge on any atom is 0.243 e. The summed E-state index contributed by atoms with van der Waals surface area (Å²) >= 11 is 0. The summed E-state index contributed by atoms with van der Waals surface area (Å²) in [4.78, 5) is 28.0. The molecule has 1 aliphatic heterocycles. The van der Waals surface area contributed by atoms with E-state index in [2.05, 4.69) is 54.0 Å². The normalized spacial score (nSPS) is 16.3. The zero-order valence-corrected chi connectivity index (χ0v) is 16.8. The third-order valence-electron chi connectivity index (χ3n) is 5.63. The predicted octanol–water partition coefficient (Wildman–Crippen LogP) is 2.44. The first kappa shape index (κ1) is 18.4. The average molecular weight is 401 g/mol. The monoisotopic (exact) mass is 401 g/mol. The van der Waals surface area contributed by atoms with Gasteiger partial charge in [-0.1, -0.05) is 12.1 Å². The largest absolute Gasteiger partial charge is 0.351 e. The van der Waals surface area contributed by atoms with Crippen molar-refractivity contribution in [2.45, 2.75) is 25.4 Å². The summed E-state index contributed by atoms with van der Waals surface area (Å²) < 4.78 is 3.85. The van der Waals surface area contributed by atoms with E-state index in [1.165, 1.54) is 5.39 Å². The summed E-state index contributed by atoms with van der Waals surface area (Å²) in [5, 5.41) is 4.31. The molecule has 30 heavy (non-hydrogen) atoms. The number of anilines is 1. The number of carbonyl (C=O) groups is 1. The molecule has 1 aliphatic rings. The van der Waals surface area contributed by atoms with Crippen molar-refractivity contribution in [3.8, 4) is 5.95 Å². The summed E-state index contributed by atoms with van der Waals surface area (Å²) in [5.41, 5.74) is 2.25. The van der Waals surface area contributed by atoms with Crippen LogP contribution in [0.1, 0.15) is 18.4 Å². The molecule has 0 radical (unpaired) electrons. The Morgan fingerprint density at radius 1 is 1.20 bits per heavy atom. The summed E-state index contributed by atoms with van der Waals surface area (Å²) in [6, 6.07) is 10.0. The summed E-state index contributed by atoms with van der Waals surface area (Å²) in [6.45, 7) is 1.31. The number of benzene rings is 1. The maximum absolute atomic E-state index is 13.0. The van der Waals surface area contributed by atoms with Gasteiger partial charge in [0.2, 0.25) is 11.9 Å². The van der Waals surface area contributed by atoms with Crippen LogP contribution in [-0.2, 0) is 18.4 Å². The van der Waals surface area contributed by atoms with E-state index in [4.69, 9.17) is 0 Å². The summed E-state index contributed by atoms with van der Waals surface area (Å²) in [6.07, 6.45) is 10.7. The fourth-order valence-corrected chi connectivity index (χ4v) is 4.04. The second-order valence-electron chi connectivity index (χ2n) is 7.57. The number of aryl methyl sites for hydroxylation is 1. The van der Waals surface area contributed by atoms with E-state index in [0.717, 1.165) is 36.3 Å². The molecule has 0 unspecified atom stereocenters. The van der Waals surface area contributed by atoms with Gasteiger partial charge in [-0.2, -0.15) is 4.98 Å². The number of fused-ring (bicyclic) bond motifs is 1. The second kappa shape index (κ2) is 7.62. The maximum atomic E-state index is 13.0. The highest BCUT2D eigenvalue weighted by Gasteiger charge is 2.31. The van der Waals surface area contributed by atoms with E-state index < -0.39 is 0 Å². The Kier molecular flexibility index (Phi) is 4.66. The lowest BCUT2D eigenvalue weighted by molar-refractivity contribution is -0.122. The first-order chi connectivity index (χ1) is 14.7. The Morgan fingerprint density at radius 3 is 3.00 bits per heavy atom. The Balaban J connectivity index is 1.30. The number of nitrogens with zero attached hydrogens (tertiary/aromatic N) is 6. The van der Waals surface area contributed by atoms with Gasteiger partial charge in [0.15, 0.2) is 0 Å². The quantitative estimate of drug-likeness (QED) is 0.556. The fraction of sp³-hybridized carbons (Fsp3) is 0.273. The van der Waals surface area contributed by atoms with Gasteiger partial charge < -0.3 is 14.8 Å². The molecule has 8 nitrogen and oxygen atoms in total. The van der Waals surface area contributed by atoms with Crippen molar-refractivity contribution in [2.75, 3.05) is 11.4 Å². The highest BCUT2D eigenvalue weighted by Crippen LogP contribution is 2.24. The minimum Gasteiger partial charge on any atom is -0.351 e. The summed E-state index contributed by atoms with van der Waals surface area (Å²) in [7, 11) is 2.03. The van der Waals surface area contributed by atoms with Crippen LogP contribution in [0.5, 0.6) is 0 Å². The van der Waals surface area contributed by atoms with Gasteiger partial charge >= 0.3 is 0 Å². The molecule has 0 saturated carbocycles. The second-order valence-corrected chi connectivity index (χ2v) is 7.57. The third kappa shape index (κ3) is 3.41. The van der Waals surface area contributed by atoms with Crippen LogP contribution < -0.4 is 10.2 Å². The topological polar surface area (TPSA) is 80.9 Å². The van der Waals surface area contributed by atoms with Crippen molar-refractivity contribution < 1.29 is 4.79 Å². The van der Waals surface area contributed by atoms with E-state index in [0.29, 0.717) is 12.5 Å². The number of rotatable bonds is 5. The van der Waals surface area contributed by atoms with Gasteiger partial charge in [0.05, 0.1) is 0 Å². The fourth-order valence-electron chi connectivity index (χ4n) is 4.04. The molecule has 0 spiro atoms. The standard InChI is InChI=1S/C22H23N7O/c1-27-11-7-17-5-4-16(13-19(17)27)14-25-21(30)18-3-2-10-29(18)20-6-8-24-22(26-20)28-12-9-23-15-28/h4-9,11-13,15,18H,2-3,10,14H2,1H3,(H,25,30)/t18-/m1/s1. The van der Waals surface area contributed by atoms with Crippen LogP contribution in [0, 0.1) is 0 Å². The molecular weight excluding hydrogens is 378 g/mol. The molecule has 1 atom stereocenters. The van der Waals surface area contributed by atoms with Crippen LogP contribution in [0.15, 0.2) is 61.4 Å².